The molecule has 1 aromatic carbocycles. The van der Waals surface area contributed by atoms with Crippen LogP contribution >= 0.6 is 0 Å². The fraction of sp³-hybridized carbons (Fsp3) is 0.467. The van der Waals surface area contributed by atoms with Gasteiger partial charge < -0.3 is 15.2 Å². The van der Waals surface area contributed by atoms with Gasteiger partial charge in [-0.2, -0.15) is 4.98 Å². The minimum absolute atomic E-state index is 0.246. The van der Waals surface area contributed by atoms with Gasteiger partial charge in [-0.15, -0.1) is 0 Å². The van der Waals surface area contributed by atoms with Crippen molar-refractivity contribution in [1.29, 1.82) is 0 Å². The van der Waals surface area contributed by atoms with E-state index in [4.69, 9.17) is 10.3 Å². The molecule has 1 aliphatic rings. The van der Waals surface area contributed by atoms with Crippen LogP contribution in [0.1, 0.15) is 30.3 Å². The monoisotopic (exact) mass is 290 g/mol. The maximum Gasteiger partial charge on any atom is 0.257 e. The van der Waals surface area contributed by atoms with E-state index in [0.29, 0.717) is 22.8 Å². The van der Waals surface area contributed by atoms with Gasteiger partial charge in [0.05, 0.1) is 6.04 Å². The van der Waals surface area contributed by atoms with Gasteiger partial charge in [-0.1, -0.05) is 5.16 Å². The van der Waals surface area contributed by atoms with E-state index < -0.39 is 0 Å². The Labute approximate surface area is 122 Å². The third-order valence-electron chi connectivity index (χ3n) is 3.83. The highest BCUT2D eigenvalue weighted by Crippen LogP contribution is 2.22. The fourth-order valence-electron chi connectivity index (χ4n) is 2.61. The first-order chi connectivity index (χ1) is 10.1. The molecule has 112 valence electrons. The predicted octanol–water partition coefficient (Wildman–Crippen LogP) is 2.28. The zero-order valence-electron chi connectivity index (χ0n) is 12.1. The number of likely N-dealkylation sites (tertiary alicyclic amines) is 1. The standard InChI is InChI=1S/C15H19FN4O/c1-10-8-11(4-5-12(10)16)15-18-14(19-21-15)13(17)9-20-6-2-3-7-20/h4-5,8,13H,2-3,6-7,9,17H2,1H3. The predicted molar refractivity (Wildman–Crippen MR) is 77.0 cm³/mol. The van der Waals surface area contributed by atoms with Gasteiger partial charge in [-0.3, -0.25) is 0 Å². The minimum Gasteiger partial charge on any atom is -0.334 e. The molecule has 5 nitrogen and oxygen atoms in total. The van der Waals surface area contributed by atoms with Crippen LogP contribution in [0.25, 0.3) is 11.5 Å². The van der Waals surface area contributed by atoms with E-state index in [1.165, 1.54) is 18.9 Å². The number of nitrogens with zero attached hydrogens (tertiary/aromatic N) is 3. The van der Waals surface area contributed by atoms with Crippen LogP contribution in [0.2, 0.25) is 0 Å². The average Bonchev–Trinajstić information content (AvgIpc) is 3.12. The summed E-state index contributed by atoms with van der Waals surface area (Å²) in [6, 6.07) is 4.46. The van der Waals surface area contributed by atoms with Gasteiger partial charge in [-0.05, 0) is 56.6 Å². The summed E-state index contributed by atoms with van der Waals surface area (Å²) in [6.07, 6.45) is 2.44. The first kappa shape index (κ1) is 14.2. The van der Waals surface area contributed by atoms with Gasteiger partial charge in [0, 0.05) is 12.1 Å². The first-order valence-corrected chi connectivity index (χ1v) is 7.21. The maximum absolute atomic E-state index is 13.3. The van der Waals surface area contributed by atoms with Crippen LogP contribution in [0.4, 0.5) is 4.39 Å². The molecule has 0 bridgehead atoms. The lowest BCUT2D eigenvalue weighted by atomic mass is 10.1. The third-order valence-corrected chi connectivity index (χ3v) is 3.83. The van der Waals surface area contributed by atoms with Crippen molar-refractivity contribution in [3.8, 4) is 11.5 Å². The van der Waals surface area contributed by atoms with Gasteiger partial charge in [0.1, 0.15) is 5.82 Å². The zero-order valence-corrected chi connectivity index (χ0v) is 12.1. The summed E-state index contributed by atoms with van der Waals surface area (Å²) in [6.45, 7) is 4.60. The molecule has 1 aliphatic heterocycles. The van der Waals surface area contributed by atoms with Gasteiger partial charge in [0.2, 0.25) is 0 Å². The molecule has 0 saturated carbocycles. The average molecular weight is 290 g/mol. The lowest BCUT2D eigenvalue weighted by molar-refractivity contribution is 0.306. The van der Waals surface area contributed by atoms with E-state index in [1.807, 2.05) is 0 Å². The second kappa shape index (κ2) is 5.91. The fourth-order valence-corrected chi connectivity index (χ4v) is 2.61. The topological polar surface area (TPSA) is 68.2 Å². The van der Waals surface area contributed by atoms with Crippen LogP contribution in [0.15, 0.2) is 22.7 Å². The Bertz CT molecular complexity index is 622. The first-order valence-electron chi connectivity index (χ1n) is 7.21. The van der Waals surface area contributed by atoms with Crippen molar-refractivity contribution in [2.75, 3.05) is 19.6 Å². The second-order valence-electron chi connectivity index (χ2n) is 5.54. The van der Waals surface area contributed by atoms with Crippen molar-refractivity contribution in [1.82, 2.24) is 15.0 Å². The highest BCUT2D eigenvalue weighted by molar-refractivity contribution is 5.54. The van der Waals surface area contributed by atoms with Crippen LogP contribution in [0.3, 0.4) is 0 Å². The highest BCUT2D eigenvalue weighted by atomic mass is 19.1. The molecule has 6 heteroatoms. The molecule has 0 aliphatic carbocycles. The second-order valence-corrected chi connectivity index (χ2v) is 5.54. The van der Waals surface area contributed by atoms with E-state index in [2.05, 4.69) is 15.0 Å². The molecule has 0 spiro atoms. The lowest BCUT2D eigenvalue weighted by Gasteiger charge is -2.17. The van der Waals surface area contributed by atoms with Crippen LogP contribution < -0.4 is 5.73 Å². The molecule has 1 unspecified atom stereocenters. The van der Waals surface area contributed by atoms with Gasteiger partial charge in [0.15, 0.2) is 5.82 Å². The maximum atomic E-state index is 13.3. The third kappa shape index (κ3) is 3.11. The summed E-state index contributed by atoms with van der Waals surface area (Å²) >= 11 is 0. The summed E-state index contributed by atoms with van der Waals surface area (Å²) in [4.78, 5) is 6.65. The van der Waals surface area contributed by atoms with E-state index in [-0.39, 0.29) is 11.9 Å². The Hall–Kier alpha value is -1.79. The highest BCUT2D eigenvalue weighted by Gasteiger charge is 2.20. The van der Waals surface area contributed by atoms with Crippen molar-refractivity contribution in [2.24, 2.45) is 5.73 Å². The van der Waals surface area contributed by atoms with Crippen LogP contribution in [-0.4, -0.2) is 34.7 Å². The Morgan fingerprint density at radius 2 is 2.14 bits per heavy atom. The molecule has 1 fully saturated rings. The molecule has 2 heterocycles. The van der Waals surface area contributed by atoms with Gasteiger partial charge >= 0.3 is 0 Å². The normalized spacial score (nSPS) is 17.3. The van der Waals surface area contributed by atoms with E-state index in [1.54, 1.807) is 19.1 Å². The largest absolute Gasteiger partial charge is 0.334 e. The summed E-state index contributed by atoms with van der Waals surface area (Å²) in [7, 11) is 0. The zero-order chi connectivity index (χ0) is 14.8. The Balaban J connectivity index is 1.74. The molecule has 0 radical (unpaired) electrons. The van der Waals surface area contributed by atoms with E-state index >= 15 is 0 Å². The summed E-state index contributed by atoms with van der Waals surface area (Å²) < 4.78 is 18.5. The number of rotatable bonds is 4. The van der Waals surface area contributed by atoms with Gasteiger partial charge in [-0.25, -0.2) is 4.39 Å². The smallest absolute Gasteiger partial charge is 0.257 e. The molecule has 3 rings (SSSR count). The lowest BCUT2D eigenvalue weighted by Crippen LogP contribution is -2.30. The summed E-state index contributed by atoms with van der Waals surface area (Å²) in [5.41, 5.74) is 7.39. The molecule has 1 atom stereocenters. The molecular formula is C15H19FN4O. The number of benzene rings is 1. The van der Waals surface area contributed by atoms with Crippen molar-refractivity contribution in [2.45, 2.75) is 25.8 Å². The Kier molecular flexibility index (Phi) is 3.98. The molecule has 2 N–H and O–H groups in total. The minimum atomic E-state index is -0.262. The van der Waals surface area contributed by atoms with Gasteiger partial charge in [0.25, 0.3) is 5.89 Å². The van der Waals surface area contributed by atoms with E-state index in [9.17, 15) is 4.39 Å². The molecular weight excluding hydrogens is 271 g/mol. The number of hydrogen-bond acceptors (Lipinski definition) is 5. The molecule has 1 saturated heterocycles. The summed E-state index contributed by atoms with van der Waals surface area (Å²) in [5.74, 6) is 0.632. The summed E-state index contributed by atoms with van der Waals surface area (Å²) in [5, 5.41) is 3.96. The molecule has 21 heavy (non-hydrogen) atoms. The van der Waals surface area contributed by atoms with Crippen molar-refractivity contribution in [3.05, 3.63) is 35.4 Å². The van der Waals surface area contributed by atoms with Crippen LogP contribution in [0, 0.1) is 12.7 Å². The van der Waals surface area contributed by atoms with E-state index in [0.717, 1.165) is 19.6 Å². The van der Waals surface area contributed by atoms with Crippen LogP contribution in [0.5, 0.6) is 0 Å². The Morgan fingerprint density at radius 1 is 1.38 bits per heavy atom. The number of nitrogens with two attached hydrogens (primary N) is 1. The number of halogens is 1. The number of aryl methyl sites for hydroxylation is 1. The molecule has 0 amide bonds. The SMILES string of the molecule is Cc1cc(-c2nc(C(N)CN3CCCC3)no2)ccc1F. The quantitative estimate of drug-likeness (QED) is 0.935. The number of aromatic nitrogens is 2. The van der Waals surface area contributed by atoms with Crippen molar-refractivity contribution < 1.29 is 8.91 Å². The molecule has 2 aromatic rings. The number of hydrogen-bond donors (Lipinski definition) is 1. The molecule has 1 aromatic heterocycles. The Morgan fingerprint density at radius 3 is 2.86 bits per heavy atom. The van der Waals surface area contributed by atoms with Crippen LogP contribution in [-0.2, 0) is 0 Å². The van der Waals surface area contributed by atoms with Crippen molar-refractivity contribution in [3.63, 3.8) is 0 Å². The van der Waals surface area contributed by atoms with Crippen molar-refractivity contribution >= 4 is 0 Å².